The largest absolute Gasteiger partial charge is 0.396 e. The van der Waals surface area contributed by atoms with Crippen molar-refractivity contribution in [3.05, 3.63) is 0 Å². The lowest BCUT2D eigenvalue weighted by Crippen LogP contribution is -2.41. The summed E-state index contributed by atoms with van der Waals surface area (Å²) in [6, 6.07) is 0. The minimum Gasteiger partial charge on any atom is -0.396 e. The summed E-state index contributed by atoms with van der Waals surface area (Å²) in [6.45, 7) is 5.72. The minimum absolute atomic E-state index is 0.206. The summed E-state index contributed by atoms with van der Waals surface area (Å²) >= 11 is 0. The molecular weight excluding hydrogens is 268 g/mol. The van der Waals surface area contributed by atoms with Crippen LogP contribution in [0.5, 0.6) is 0 Å². The summed E-state index contributed by atoms with van der Waals surface area (Å²) < 4.78 is 5.73. The number of aliphatic hydroxyl groups is 1. The van der Waals surface area contributed by atoms with Crippen LogP contribution in [-0.2, 0) is 9.53 Å². The fraction of sp³-hybridized carbons (Fsp3) is 0.938. The van der Waals surface area contributed by atoms with Crippen LogP contribution in [0.15, 0.2) is 0 Å². The lowest BCUT2D eigenvalue weighted by molar-refractivity contribution is -0.132. The normalized spacial score (nSPS) is 21.7. The highest BCUT2D eigenvalue weighted by atomic mass is 16.5. The predicted molar refractivity (Wildman–Crippen MR) is 82.2 cm³/mol. The van der Waals surface area contributed by atoms with Gasteiger partial charge in [0.1, 0.15) is 0 Å². The summed E-state index contributed by atoms with van der Waals surface area (Å²) in [4.78, 5) is 16.5. The highest BCUT2D eigenvalue weighted by Crippen LogP contribution is 2.15. The van der Waals surface area contributed by atoms with E-state index in [2.05, 4.69) is 4.90 Å². The molecular formula is C16H30N2O3. The molecule has 1 amide bonds. The maximum Gasteiger partial charge on any atom is 0.223 e. The molecule has 0 aromatic heterocycles. The number of hydrogen-bond donors (Lipinski definition) is 1. The van der Waals surface area contributed by atoms with E-state index in [9.17, 15) is 4.79 Å². The number of hydrogen-bond acceptors (Lipinski definition) is 4. The molecule has 0 spiro atoms. The summed E-state index contributed by atoms with van der Waals surface area (Å²) in [7, 11) is 0. The van der Waals surface area contributed by atoms with Gasteiger partial charge in [0.2, 0.25) is 5.91 Å². The molecule has 0 atom stereocenters. The molecule has 21 heavy (non-hydrogen) atoms. The van der Waals surface area contributed by atoms with E-state index < -0.39 is 0 Å². The van der Waals surface area contributed by atoms with Crippen LogP contribution in [0.4, 0.5) is 0 Å². The summed E-state index contributed by atoms with van der Waals surface area (Å²) in [5.41, 5.74) is 0. The van der Waals surface area contributed by atoms with Gasteiger partial charge in [-0.15, -0.1) is 0 Å². The van der Waals surface area contributed by atoms with E-state index in [-0.39, 0.29) is 6.61 Å². The lowest BCUT2D eigenvalue weighted by Gasteiger charge is -2.33. The number of piperidine rings is 2. The number of ether oxygens (including phenoxy) is 1. The van der Waals surface area contributed by atoms with Gasteiger partial charge in [-0.25, -0.2) is 0 Å². The zero-order valence-corrected chi connectivity index (χ0v) is 13.1. The van der Waals surface area contributed by atoms with Crippen molar-refractivity contribution in [2.75, 3.05) is 45.9 Å². The van der Waals surface area contributed by atoms with Crippen LogP contribution in [0.25, 0.3) is 0 Å². The Morgan fingerprint density at radius 3 is 2.48 bits per heavy atom. The first kappa shape index (κ1) is 16.7. The Labute approximate surface area is 128 Å². The molecule has 0 radical (unpaired) electrons. The molecule has 0 saturated carbocycles. The summed E-state index contributed by atoms with van der Waals surface area (Å²) in [6.07, 6.45) is 7.43. The number of amides is 1. The van der Waals surface area contributed by atoms with E-state index in [1.54, 1.807) is 0 Å². The molecule has 122 valence electrons. The van der Waals surface area contributed by atoms with Gasteiger partial charge in [0.15, 0.2) is 0 Å². The lowest BCUT2D eigenvalue weighted by atomic mass is 10.1. The van der Waals surface area contributed by atoms with Gasteiger partial charge in [0.05, 0.1) is 6.10 Å². The zero-order chi connectivity index (χ0) is 14.9. The molecule has 0 bridgehead atoms. The van der Waals surface area contributed by atoms with Crippen LogP contribution in [0, 0.1) is 0 Å². The van der Waals surface area contributed by atoms with Crippen molar-refractivity contribution in [3.63, 3.8) is 0 Å². The number of carbonyl (C=O) groups excluding carboxylic acids is 1. The van der Waals surface area contributed by atoms with E-state index in [1.165, 1.54) is 19.3 Å². The third kappa shape index (κ3) is 5.93. The van der Waals surface area contributed by atoms with Crippen molar-refractivity contribution >= 4 is 5.91 Å². The van der Waals surface area contributed by atoms with E-state index in [4.69, 9.17) is 9.84 Å². The first-order valence-corrected chi connectivity index (χ1v) is 8.52. The maximum atomic E-state index is 12.1. The smallest absolute Gasteiger partial charge is 0.223 e. The van der Waals surface area contributed by atoms with E-state index in [0.29, 0.717) is 25.0 Å². The first-order valence-electron chi connectivity index (χ1n) is 8.52. The van der Waals surface area contributed by atoms with Crippen LogP contribution in [0.3, 0.4) is 0 Å². The third-order valence-electron chi connectivity index (χ3n) is 4.54. The van der Waals surface area contributed by atoms with Crippen molar-refractivity contribution in [2.24, 2.45) is 0 Å². The third-order valence-corrected chi connectivity index (χ3v) is 4.54. The van der Waals surface area contributed by atoms with Crippen LogP contribution >= 0.6 is 0 Å². The molecule has 0 aromatic rings. The van der Waals surface area contributed by atoms with Crippen LogP contribution < -0.4 is 0 Å². The van der Waals surface area contributed by atoms with Crippen LogP contribution in [0.2, 0.25) is 0 Å². The fourth-order valence-electron chi connectivity index (χ4n) is 3.17. The predicted octanol–water partition coefficient (Wildman–Crippen LogP) is 1.25. The maximum absolute atomic E-state index is 12.1. The Hall–Kier alpha value is -0.650. The molecule has 5 heteroatoms. The number of nitrogens with zero attached hydrogens (tertiary/aromatic N) is 2. The Morgan fingerprint density at radius 1 is 1.10 bits per heavy atom. The standard InChI is InChI=1S/C16H30N2O3/c19-13-4-14-21-15-5-10-17(11-6-15)12-7-16(20)18-8-2-1-3-9-18/h15,19H,1-14H2. The molecule has 2 saturated heterocycles. The van der Waals surface area contributed by atoms with Crippen molar-refractivity contribution in [1.82, 2.24) is 9.80 Å². The van der Waals surface area contributed by atoms with Crippen molar-refractivity contribution in [2.45, 2.75) is 51.0 Å². The van der Waals surface area contributed by atoms with E-state index in [1.807, 2.05) is 4.90 Å². The van der Waals surface area contributed by atoms with Gasteiger partial charge < -0.3 is 19.6 Å². The van der Waals surface area contributed by atoms with E-state index >= 15 is 0 Å². The Bertz CT molecular complexity index is 298. The van der Waals surface area contributed by atoms with Gasteiger partial charge in [0.25, 0.3) is 0 Å². The number of aliphatic hydroxyl groups excluding tert-OH is 1. The second-order valence-corrected chi connectivity index (χ2v) is 6.18. The zero-order valence-electron chi connectivity index (χ0n) is 13.1. The van der Waals surface area contributed by atoms with Gasteiger partial charge in [-0.3, -0.25) is 4.79 Å². The van der Waals surface area contributed by atoms with Crippen molar-refractivity contribution < 1.29 is 14.6 Å². The fourth-order valence-corrected chi connectivity index (χ4v) is 3.17. The highest BCUT2D eigenvalue weighted by Gasteiger charge is 2.21. The quantitative estimate of drug-likeness (QED) is 0.719. The molecule has 2 heterocycles. The first-order chi connectivity index (χ1) is 10.3. The Balaban J connectivity index is 1.57. The number of rotatable bonds is 7. The molecule has 0 aliphatic carbocycles. The van der Waals surface area contributed by atoms with Gasteiger partial charge in [-0.1, -0.05) is 0 Å². The molecule has 2 aliphatic rings. The van der Waals surface area contributed by atoms with Crippen LogP contribution in [-0.4, -0.2) is 72.9 Å². The van der Waals surface area contributed by atoms with Gasteiger partial charge in [-0.2, -0.15) is 0 Å². The molecule has 2 aliphatic heterocycles. The topological polar surface area (TPSA) is 53.0 Å². The molecule has 0 unspecified atom stereocenters. The second-order valence-electron chi connectivity index (χ2n) is 6.18. The average Bonchev–Trinajstić information content (AvgIpc) is 2.55. The molecule has 0 aromatic carbocycles. The van der Waals surface area contributed by atoms with E-state index in [0.717, 1.165) is 52.0 Å². The average molecular weight is 298 g/mol. The van der Waals surface area contributed by atoms with Gasteiger partial charge >= 0.3 is 0 Å². The van der Waals surface area contributed by atoms with Gasteiger partial charge in [0, 0.05) is 52.4 Å². The monoisotopic (exact) mass is 298 g/mol. The summed E-state index contributed by atoms with van der Waals surface area (Å²) in [5, 5.41) is 8.74. The SMILES string of the molecule is O=C(CCN1CCC(OCCCO)CC1)N1CCCCC1. The molecule has 1 N–H and O–H groups in total. The van der Waals surface area contributed by atoms with Gasteiger partial charge in [-0.05, 0) is 38.5 Å². The molecule has 2 rings (SSSR count). The second kappa shape index (κ2) is 9.38. The van der Waals surface area contributed by atoms with Crippen molar-refractivity contribution in [3.8, 4) is 0 Å². The highest BCUT2D eigenvalue weighted by molar-refractivity contribution is 5.76. The number of likely N-dealkylation sites (tertiary alicyclic amines) is 2. The minimum atomic E-state index is 0.206. The summed E-state index contributed by atoms with van der Waals surface area (Å²) in [5.74, 6) is 0.330. The number of carbonyl (C=O) groups is 1. The Kier molecular flexibility index (Phi) is 7.47. The van der Waals surface area contributed by atoms with Crippen molar-refractivity contribution in [1.29, 1.82) is 0 Å². The molecule has 5 nitrogen and oxygen atoms in total. The molecule has 2 fully saturated rings. The Morgan fingerprint density at radius 2 is 1.81 bits per heavy atom. The van der Waals surface area contributed by atoms with Crippen LogP contribution in [0.1, 0.15) is 44.9 Å².